The van der Waals surface area contributed by atoms with Crippen LogP contribution in [-0.2, 0) is 19.6 Å². The number of benzene rings is 1. The van der Waals surface area contributed by atoms with Crippen molar-refractivity contribution in [2.24, 2.45) is 0 Å². The van der Waals surface area contributed by atoms with Crippen molar-refractivity contribution >= 4 is 5.91 Å². The lowest BCUT2D eigenvalue weighted by atomic mass is 10.1. The molecule has 1 amide bonds. The molecule has 6 nitrogen and oxygen atoms in total. The van der Waals surface area contributed by atoms with Gasteiger partial charge in [0.1, 0.15) is 18.1 Å². The van der Waals surface area contributed by atoms with Gasteiger partial charge in [0.05, 0.1) is 0 Å². The summed E-state index contributed by atoms with van der Waals surface area (Å²) in [5.41, 5.74) is 2.41. The van der Waals surface area contributed by atoms with Gasteiger partial charge in [0.15, 0.2) is 5.76 Å². The van der Waals surface area contributed by atoms with Gasteiger partial charge in [0.25, 0.3) is 5.91 Å². The maximum absolute atomic E-state index is 12.2. The summed E-state index contributed by atoms with van der Waals surface area (Å²) in [5.74, 6) is 1.49. The zero-order chi connectivity index (χ0) is 19.8. The molecule has 6 heteroatoms. The first kappa shape index (κ1) is 19.7. The molecule has 1 aromatic carbocycles. The van der Waals surface area contributed by atoms with Crippen LogP contribution in [0.5, 0.6) is 5.75 Å². The first-order valence-electron chi connectivity index (χ1n) is 9.73. The van der Waals surface area contributed by atoms with Crippen LogP contribution in [-0.4, -0.2) is 22.2 Å². The molecule has 148 valence electrons. The van der Waals surface area contributed by atoms with Crippen LogP contribution in [0.2, 0.25) is 0 Å². The molecule has 0 atom stereocenters. The Labute approximate surface area is 165 Å². The minimum Gasteiger partial charge on any atom is -0.486 e. The van der Waals surface area contributed by atoms with E-state index in [1.54, 1.807) is 18.3 Å². The average molecular weight is 381 g/mol. The van der Waals surface area contributed by atoms with Crippen LogP contribution in [0, 0.1) is 6.92 Å². The zero-order valence-corrected chi connectivity index (χ0v) is 16.5. The van der Waals surface area contributed by atoms with E-state index in [4.69, 9.17) is 9.15 Å². The summed E-state index contributed by atoms with van der Waals surface area (Å²) >= 11 is 0. The maximum atomic E-state index is 12.2. The molecule has 0 aliphatic rings. The van der Waals surface area contributed by atoms with Crippen molar-refractivity contribution in [1.82, 2.24) is 15.1 Å². The molecule has 3 aromatic rings. The predicted molar refractivity (Wildman–Crippen MR) is 107 cm³/mol. The summed E-state index contributed by atoms with van der Waals surface area (Å²) in [6.07, 6.45) is 4.78. The Bertz CT molecular complexity index is 881. The van der Waals surface area contributed by atoms with Gasteiger partial charge in [-0.25, -0.2) is 0 Å². The quantitative estimate of drug-likeness (QED) is 0.536. The van der Waals surface area contributed by atoms with Gasteiger partial charge >= 0.3 is 0 Å². The molecule has 1 N–H and O–H groups in total. The Morgan fingerprint density at radius 1 is 1.18 bits per heavy atom. The van der Waals surface area contributed by atoms with E-state index in [9.17, 15) is 4.79 Å². The Morgan fingerprint density at radius 2 is 2.00 bits per heavy atom. The molecule has 0 spiro atoms. The molecule has 2 aromatic heterocycles. The molecular weight excluding hydrogens is 354 g/mol. The molecular formula is C22H27N3O3. The van der Waals surface area contributed by atoms with Gasteiger partial charge in [0, 0.05) is 25.0 Å². The molecule has 0 unspecified atom stereocenters. The van der Waals surface area contributed by atoms with E-state index in [1.165, 1.54) is 5.56 Å². The van der Waals surface area contributed by atoms with Crippen LogP contribution in [0.1, 0.15) is 47.3 Å². The number of aryl methyl sites for hydroxylation is 3. The van der Waals surface area contributed by atoms with Crippen molar-refractivity contribution in [3.8, 4) is 5.75 Å². The number of hydrogen-bond acceptors (Lipinski definition) is 4. The standard InChI is InChI=1S/C22H27N3O3/c1-3-5-18-6-8-19(9-7-18)27-16-20-10-11-21(28-20)22(26)23-13-4-15-25-17(2)12-14-24-25/h6-12,14H,3-5,13,15-16H2,1-2H3,(H,23,26). The van der Waals surface area contributed by atoms with Gasteiger partial charge in [-0.1, -0.05) is 25.5 Å². The van der Waals surface area contributed by atoms with E-state index in [-0.39, 0.29) is 5.91 Å². The summed E-state index contributed by atoms with van der Waals surface area (Å²) in [6, 6.07) is 13.5. The number of nitrogens with zero attached hydrogens (tertiary/aromatic N) is 2. The van der Waals surface area contributed by atoms with Crippen LogP contribution in [0.3, 0.4) is 0 Å². The van der Waals surface area contributed by atoms with Crippen LogP contribution in [0.4, 0.5) is 0 Å². The van der Waals surface area contributed by atoms with E-state index in [2.05, 4.69) is 29.5 Å². The highest BCUT2D eigenvalue weighted by molar-refractivity contribution is 5.91. The smallest absolute Gasteiger partial charge is 0.286 e. The first-order valence-corrected chi connectivity index (χ1v) is 9.73. The number of hydrogen-bond donors (Lipinski definition) is 1. The third-order valence-electron chi connectivity index (χ3n) is 4.49. The lowest BCUT2D eigenvalue weighted by Crippen LogP contribution is -2.25. The number of nitrogens with one attached hydrogen (secondary N) is 1. The molecule has 3 rings (SSSR count). The van der Waals surface area contributed by atoms with Gasteiger partial charge < -0.3 is 14.5 Å². The molecule has 0 aliphatic heterocycles. The van der Waals surface area contributed by atoms with Crippen molar-refractivity contribution < 1.29 is 13.9 Å². The van der Waals surface area contributed by atoms with E-state index in [1.807, 2.05) is 29.8 Å². The lowest BCUT2D eigenvalue weighted by Gasteiger charge is -2.06. The second-order valence-electron chi connectivity index (χ2n) is 6.75. The van der Waals surface area contributed by atoms with Gasteiger partial charge in [-0.2, -0.15) is 5.10 Å². The molecule has 0 saturated heterocycles. The van der Waals surface area contributed by atoms with E-state index in [0.717, 1.165) is 37.3 Å². The number of aromatic nitrogens is 2. The largest absolute Gasteiger partial charge is 0.486 e. The van der Waals surface area contributed by atoms with Crippen molar-refractivity contribution in [2.75, 3.05) is 6.54 Å². The van der Waals surface area contributed by atoms with Crippen LogP contribution < -0.4 is 10.1 Å². The second kappa shape index (κ2) is 9.78. The van der Waals surface area contributed by atoms with Gasteiger partial charge in [-0.05, 0) is 55.7 Å². The number of ether oxygens (including phenoxy) is 1. The van der Waals surface area contributed by atoms with Crippen LogP contribution in [0.25, 0.3) is 0 Å². The fourth-order valence-corrected chi connectivity index (χ4v) is 2.92. The minimum atomic E-state index is -0.215. The molecule has 0 saturated carbocycles. The topological polar surface area (TPSA) is 69.3 Å². The van der Waals surface area contributed by atoms with Crippen molar-refractivity contribution in [1.29, 1.82) is 0 Å². The SMILES string of the molecule is CCCc1ccc(OCc2ccc(C(=O)NCCCn3nccc3C)o2)cc1. The molecule has 0 aliphatic carbocycles. The highest BCUT2D eigenvalue weighted by Crippen LogP contribution is 2.16. The number of carbonyl (C=O) groups is 1. The summed E-state index contributed by atoms with van der Waals surface area (Å²) in [4.78, 5) is 12.2. The Balaban J connectivity index is 1.41. The van der Waals surface area contributed by atoms with Crippen molar-refractivity contribution in [2.45, 2.75) is 46.3 Å². The normalized spacial score (nSPS) is 10.8. The molecule has 0 radical (unpaired) electrons. The Hall–Kier alpha value is -3.02. The Kier molecular flexibility index (Phi) is 6.89. The lowest BCUT2D eigenvalue weighted by molar-refractivity contribution is 0.0921. The highest BCUT2D eigenvalue weighted by Gasteiger charge is 2.11. The molecule has 2 heterocycles. The van der Waals surface area contributed by atoms with Crippen molar-refractivity contribution in [3.63, 3.8) is 0 Å². The molecule has 0 fully saturated rings. The van der Waals surface area contributed by atoms with Gasteiger partial charge in [-0.3, -0.25) is 9.48 Å². The predicted octanol–water partition coefficient (Wildman–Crippen LogP) is 4.14. The minimum absolute atomic E-state index is 0.215. The van der Waals surface area contributed by atoms with E-state index < -0.39 is 0 Å². The zero-order valence-electron chi connectivity index (χ0n) is 16.5. The van der Waals surface area contributed by atoms with E-state index in [0.29, 0.717) is 24.7 Å². The monoisotopic (exact) mass is 381 g/mol. The molecule has 0 bridgehead atoms. The fraction of sp³-hybridized carbons (Fsp3) is 0.364. The highest BCUT2D eigenvalue weighted by atomic mass is 16.5. The first-order chi connectivity index (χ1) is 13.7. The van der Waals surface area contributed by atoms with Crippen LogP contribution in [0.15, 0.2) is 53.1 Å². The second-order valence-corrected chi connectivity index (χ2v) is 6.75. The van der Waals surface area contributed by atoms with E-state index >= 15 is 0 Å². The van der Waals surface area contributed by atoms with Gasteiger partial charge in [0.2, 0.25) is 0 Å². The summed E-state index contributed by atoms with van der Waals surface area (Å²) in [5, 5.41) is 7.10. The number of carbonyl (C=O) groups excluding carboxylic acids is 1. The third-order valence-corrected chi connectivity index (χ3v) is 4.49. The fourth-order valence-electron chi connectivity index (χ4n) is 2.92. The van der Waals surface area contributed by atoms with Gasteiger partial charge in [-0.15, -0.1) is 0 Å². The summed E-state index contributed by atoms with van der Waals surface area (Å²) < 4.78 is 13.3. The summed E-state index contributed by atoms with van der Waals surface area (Å²) in [7, 11) is 0. The van der Waals surface area contributed by atoms with Crippen molar-refractivity contribution in [3.05, 3.63) is 71.4 Å². The number of amides is 1. The Morgan fingerprint density at radius 3 is 2.71 bits per heavy atom. The average Bonchev–Trinajstić information content (AvgIpc) is 3.34. The third kappa shape index (κ3) is 5.49. The molecule has 28 heavy (non-hydrogen) atoms. The maximum Gasteiger partial charge on any atom is 0.286 e. The van der Waals surface area contributed by atoms with Crippen LogP contribution >= 0.6 is 0 Å². The number of rotatable bonds is 10. The number of furan rings is 1. The summed E-state index contributed by atoms with van der Waals surface area (Å²) in [6.45, 7) is 5.80.